The molecule has 0 aliphatic rings. The van der Waals surface area contributed by atoms with E-state index in [-0.39, 0.29) is 6.04 Å². The summed E-state index contributed by atoms with van der Waals surface area (Å²) in [5.41, 5.74) is 1.02. The van der Waals surface area contributed by atoms with Crippen LogP contribution in [0.15, 0.2) is 29.1 Å². The summed E-state index contributed by atoms with van der Waals surface area (Å²) in [4.78, 5) is 8.55. The van der Waals surface area contributed by atoms with E-state index in [9.17, 15) is 0 Å². The summed E-state index contributed by atoms with van der Waals surface area (Å²) in [5.74, 6) is 2.60. The van der Waals surface area contributed by atoms with E-state index in [0.29, 0.717) is 0 Å². The van der Waals surface area contributed by atoms with E-state index < -0.39 is 0 Å². The van der Waals surface area contributed by atoms with Crippen LogP contribution >= 0.6 is 0 Å². The van der Waals surface area contributed by atoms with Gasteiger partial charge in [0.05, 0.1) is 12.3 Å². The highest BCUT2D eigenvalue weighted by atomic mass is 16.3. The molecule has 0 aromatic carbocycles. The third-order valence-electron chi connectivity index (χ3n) is 2.95. The molecule has 0 radical (unpaired) electrons. The second-order valence-corrected chi connectivity index (χ2v) is 4.50. The molecule has 1 unspecified atom stereocenters. The van der Waals surface area contributed by atoms with Crippen LogP contribution in [-0.2, 0) is 0 Å². The second-order valence-electron chi connectivity index (χ2n) is 4.50. The summed E-state index contributed by atoms with van der Waals surface area (Å²) in [6.45, 7) is 7.08. The van der Waals surface area contributed by atoms with E-state index in [1.807, 2.05) is 26.0 Å². The van der Waals surface area contributed by atoms with Gasteiger partial charge in [0.15, 0.2) is 0 Å². The summed E-state index contributed by atoms with van der Waals surface area (Å²) < 4.78 is 5.38. The maximum atomic E-state index is 5.38. The third-order valence-corrected chi connectivity index (χ3v) is 2.95. The van der Waals surface area contributed by atoms with Gasteiger partial charge < -0.3 is 15.1 Å². The van der Waals surface area contributed by atoms with Crippen LogP contribution in [0.5, 0.6) is 0 Å². The number of nitrogens with one attached hydrogen (secondary N) is 2. The fourth-order valence-corrected chi connectivity index (χ4v) is 1.83. The van der Waals surface area contributed by atoms with Gasteiger partial charge >= 0.3 is 0 Å². The Balaban J connectivity index is 2.12. The highest BCUT2D eigenvalue weighted by molar-refractivity contribution is 5.56. The van der Waals surface area contributed by atoms with E-state index in [0.717, 1.165) is 35.9 Å². The normalized spacial score (nSPS) is 12.2. The minimum atomic E-state index is 0.0719. The quantitative estimate of drug-likeness (QED) is 0.833. The van der Waals surface area contributed by atoms with Crippen LogP contribution in [0.1, 0.15) is 37.6 Å². The molecule has 0 aliphatic heterocycles. The average Bonchev–Trinajstić information content (AvgIpc) is 2.94. The maximum Gasteiger partial charge on any atom is 0.135 e. The van der Waals surface area contributed by atoms with Gasteiger partial charge in [0.2, 0.25) is 0 Å². The fraction of sp³-hybridized carbons (Fsp3) is 0.429. The molecule has 5 heteroatoms. The topological polar surface area (TPSA) is 63.0 Å². The van der Waals surface area contributed by atoms with Gasteiger partial charge in [-0.3, -0.25) is 0 Å². The Kier molecular flexibility index (Phi) is 4.39. The van der Waals surface area contributed by atoms with Crippen molar-refractivity contribution in [2.45, 2.75) is 33.2 Å². The molecule has 0 fully saturated rings. The average molecular weight is 260 g/mol. The Hall–Kier alpha value is -2.04. The SMILES string of the molecule is CCCNc1ncnc(NC(C)c2ccco2)c1C. The summed E-state index contributed by atoms with van der Waals surface area (Å²) in [6, 6.07) is 3.90. The molecule has 5 nitrogen and oxygen atoms in total. The van der Waals surface area contributed by atoms with Crippen LogP contribution in [0, 0.1) is 6.92 Å². The molecular formula is C14H20N4O. The first-order valence-electron chi connectivity index (χ1n) is 6.57. The van der Waals surface area contributed by atoms with E-state index in [2.05, 4.69) is 27.5 Å². The molecule has 0 spiro atoms. The second kappa shape index (κ2) is 6.22. The first-order valence-corrected chi connectivity index (χ1v) is 6.57. The number of nitrogens with zero attached hydrogens (tertiary/aromatic N) is 2. The minimum absolute atomic E-state index is 0.0719. The largest absolute Gasteiger partial charge is 0.467 e. The molecule has 2 aromatic rings. The Morgan fingerprint density at radius 3 is 2.79 bits per heavy atom. The summed E-state index contributed by atoms with van der Waals surface area (Å²) in [5, 5.41) is 6.64. The Labute approximate surface area is 113 Å². The van der Waals surface area contributed by atoms with Gasteiger partial charge in [0.1, 0.15) is 23.7 Å². The maximum absolute atomic E-state index is 5.38. The van der Waals surface area contributed by atoms with Crippen molar-refractivity contribution in [2.75, 3.05) is 17.2 Å². The molecule has 102 valence electrons. The zero-order valence-electron chi connectivity index (χ0n) is 11.6. The smallest absolute Gasteiger partial charge is 0.135 e. The van der Waals surface area contributed by atoms with Gasteiger partial charge in [-0.25, -0.2) is 9.97 Å². The predicted molar refractivity (Wildman–Crippen MR) is 76.3 cm³/mol. The van der Waals surface area contributed by atoms with E-state index >= 15 is 0 Å². The zero-order valence-corrected chi connectivity index (χ0v) is 11.6. The predicted octanol–water partition coefficient (Wildman–Crippen LogP) is 3.37. The van der Waals surface area contributed by atoms with Gasteiger partial charge in [-0.2, -0.15) is 0 Å². The van der Waals surface area contributed by atoms with Gasteiger partial charge in [-0.05, 0) is 32.4 Å². The van der Waals surface area contributed by atoms with Crippen LogP contribution in [0.3, 0.4) is 0 Å². The molecule has 0 bridgehead atoms. The van der Waals surface area contributed by atoms with E-state index in [4.69, 9.17) is 4.42 Å². The van der Waals surface area contributed by atoms with Gasteiger partial charge in [0, 0.05) is 12.1 Å². The van der Waals surface area contributed by atoms with Crippen molar-refractivity contribution < 1.29 is 4.42 Å². The van der Waals surface area contributed by atoms with Gasteiger partial charge in [0.25, 0.3) is 0 Å². The first kappa shape index (κ1) is 13.4. The van der Waals surface area contributed by atoms with Crippen molar-refractivity contribution in [3.63, 3.8) is 0 Å². The van der Waals surface area contributed by atoms with Crippen LogP contribution in [0.25, 0.3) is 0 Å². The lowest BCUT2D eigenvalue weighted by Crippen LogP contribution is -2.11. The monoisotopic (exact) mass is 260 g/mol. The molecular weight excluding hydrogens is 240 g/mol. The molecule has 19 heavy (non-hydrogen) atoms. The molecule has 1 atom stereocenters. The van der Waals surface area contributed by atoms with Crippen molar-refractivity contribution >= 4 is 11.6 Å². The zero-order chi connectivity index (χ0) is 13.7. The lowest BCUT2D eigenvalue weighted by atomic mass is 10.2. The van der Waals surface area contributed by atoms with Crippen LogP contribution in [0.2, 0.25) is 0 Å². The molecule has 0 amide bonds. The number of aromatic nitrogens is 2. The van der Waals surface area contributed by atoms with Crippen molar-refractivity contribution in [3.8, 4) is 0 Å². The fourth-order valence-electron chi connectivity index (χ4n) is 1.83. The third kappa shape index (κ3) is 3.24. The highest BCUT2D eigenvalue weighted by Crippen LogP contribution is 2.23. The molecule has 2 aromatic heterocycles. The number of hydrogen-bond donors (Lipinski definition) is 2. The number of hydrogen-bond acceptors (Lipinski definition) is 5. The van der Waals surface area contributed by atoms with E-state index in [1.165, 1.54) is 0 Å². The van der Waals surface area contributed by atoms with Gasteiger partial charge in [-0.15, -0.1) is 0 Å². The Morgan fingerprint density at radius 1 is 1.32 bits per heavy atom. The number of furan rings is 1. The molecule has 0 saturated heterocycles. The number of rotatable bonds is 6. The van der Waals surface area contributed by atoms with Gasteiger partial charge in [-0.1, -0.05) is 6.92 Å². The summed E-state index contributed by atoms with van der Waals surface area (Å²) >= 11 is 0. The van der Waals surface area contributed by atoms with Crippen LogP contribution in [0.4, 0.5) is 11.6 Å². The highest BCUT2D eigenvalue weighted by Gasteiger charge is 2.12. The van der Waals surface area contributed by atoms with Crippen molar-refractivity contribution in [1.29, 1.82) is 0 Å². The van der Waals surface area contributed by atoms with Crippen LogP contribution in [-0.4, -0.2) is 16.5 Å². The standard InChI is InChI=1S/C14H20N4O/c1-4-7-15-13-10(2)14(17-9-16-13)18-11(3)12-6-5-8-19-12/h5-6,8-9,11H,4,7H2,1-3H3,(H2,15,16,17,18). The molecule has 2 N–H and O–H groups in total. The van der Waals surface area contributed by atoms with Crippen LogP contribution < -0.4 is 10.6 Å². The van der Waals surface area contributed by atoms with Crippen molar-refractivity contribution in [2.24, 2.45) is 0 Å². The molecule has 0 aliphatic carbocycles. The van der Waals surface area contributed by atoms with E-state index in [1.54, 1.807) is 12.6 Å². The summed E-state index contributed by atoms with van der Waals surface area (Å²) in [6.07, 6.45) is 4.31. The molecule has 2 rings (SSSR count). The number of anilines is 2. The summed E-state index contributed by atoms with van der Waals surface area (Å²) in [7, 11) is 0. The molecule has 0 saturated carbocycles. The molecule has 2 heterocycles. The Bertz CT molecular complexity index is 510. The van der Waals surface area contributed by atoms with Crippen molar-refractivity contribution in [3.05, 3.63) is 36.0 Å². The lowest BCUT2D eigenvalue weighted by molar-refractivity contribution is 0.490. The first-order chi connectivity index (χ1) is 9.22. The Morgan fingerprint density at radius 2 is 2.11 bits per heavy atom. The minimum Gasteiger partial charge on any atom is -0.467 e. The lowest BCUT2D eigenvalue weighted by Gasteiger charge is -2.16. The van der Waals surface area contributed by atoms with Crippen molar-refractivity contribution in [1.82, 2.24) is 9.97 Å².